The molecular formula is C19H25ClN2O3S. The van der Waals surface area contributed by atoms with Crippen molar-refractivity contribution in [2.24, 2.45) is 5.73 Å². The molecule has 0 amide bonds. The molecule has 3 rings (SSSR count). The van der Waals surface area contributed by atoms with Gasteiger partial charge < -0.3 is 10.5 Å². The molecule has 2 aromatic rings. The quantitative estimate of drug-likeness (QED) is 0.843. The van der Waals surface area contributed by atoms with Gasteiger partial charge in [-0.15, -0.1) is 12.4 Å². The highest BCUT2D eigenvalue weighted by molar-refractivity contribution is 7.89. The molecule has 1 fully saturated rings. The van der Waals surface area contributed by atoms with Crippen LogP contribution in [0.15, 0.2) is 59.5 Å². The smallest absolute Gasteiger partial charge is 0.243 e. The number of halogens is 1. The lowest BCUT2D eigenvalue weighted by molar-refractivity contribution is 0.242. The van der Waals surface area contributed by atoms with Crippen LogP contribution in [-0.2, 0) is 10.0 Å². The molecular weight excluding hydrogens is 372 g/mol. The average molecular weight is 397 g/mol. The molecule has 0 aliphatic carbocycles. The summed E-state index contributed by atoms with van der Waals surface area (Å²) in [6.07, 6.45) is 0.0469. The Morgan fingerprint density at radius 3 is 2.23 bits per heavy atom. The van der Waals surface area contributed by atoms with Crippen LogP contribution in [0.25, 0.3) is 0 Å². The molecule has 0 bridgehead atoms. The van der Waals surface area contributed by atoms with E-state index < -0.39 is 10.0 Å². The molecule has 0 unspecified atom stereocenters. The van der Waals surface area contributed by atoms with Crippen molar-refractivity contribution < 1.29 is 13.2 Å². The minimum absolute atomic E-state index is 0. The third-order valence-electron chi connectivity index (χ3n) is 4.39. The van der Waals surface area contributed by atoms with Gasteiger partial charge in [-0.25, -0.2) is 8.42 Å². The van der Waals surface area contributed by atoms with Crippen LogP contribution in [-0.4, -0.2) is 38.0 Å². The SMILES string of the molecule is CC(C)Oc1ccc(S(=O)(=O)N2C[C@@H](N)[C@H](c3ccccc3)C2)cc1.Cl. The highest BCUT2D eigenvalue weighted by Crippen LogP contribution is 2.31. The Kier molecular flexibility index (Phi) is 6.69. The summed E-state index contributed by atoms with van der Waals surface area (Å²) in [5.41, 5.74) is 7.31. The van der Waals surface area contributed by atoms with Crippen LogP contribution in [0.5, 0.6) is 5.75 Å². The fourth-order valence-corrected chi connectivity index (χ4v) is 4.66. The Hall–Kier alpha value is -1.60. The van der Waals surface area contributed by atoms with E-state index in [1.807, 2.05) is 44.2 Å². The van der Waals surface area contributed by atoms with Gasteiger partial charge in [0, 0.05) is 25.0 Å². The minimum atomic E-state index is -3.56. The topological polar surface area (TPSA) is 72.6 Å². The molecule has 1 aliphatic heterocycles. The van der Waals surface area contributed by atoms with Crippen molar-refractivity contribution in [2.45, 2.75) is 36.8 Å². The number of rotatable bonds is 5. The van der Waals surface area contributed by atoms with E-state index in [4.69, 9.17) is 10.5 Å². The number of hydrogen-bond acceptors (Lipinski definition) is 4. The predicted octanol–water partition coefficient (Wildman–Crippen LogP) is 3.01. The van der Waals surface area contributed by atoms with Crippen molar-refractivity contribution in [2.75, 3.05) is 13.1 Å². The molecule has 2 atom stereocenters. The van der Waals surface area contributed by atoms with Gasteiger partial charge in [-0.3, -0.25) is 0 Å². The Morgan fingerprint density at radius 1 is 1.04 bits per heavy atom. The third kappa shape index (κ3) is 4.38. The molecule has 0 saturated carbocycles. The summed E-state index contributed by atoms with van der Waals surface area (Å²) in [7, 11) is -3.56. The zero-order valence-electron chi connectivity index (χ0n) is 14.9. The molecule has 142 valence electrons. The van der Waals surface area contributed by atoms with E-state index in [0.29, 0.717) is 18.8 Å². The first-order chi connectivity index (χ1) is 11.9. The van der Waals surface area contributed by atoms with E-state index in [1.54, 1.807) is 24.3 Å². The maximum Gasteiger partial charge on any atom is 0.243 e. The zero-order valence-corrected chi connectivity index (χ0v) is 16.5. The van der Waals surface area contributed by atoms with E-state index in [2.05, 4.69) is 0 Å². The fraction of sp³-hybridized carbons (Fsp3) is 0.368. The number of nitrogens with two attached hydrogens (primary N) is 1. The predicted molar refractivity (Wildman–Crippen MR) is 105 cm³/mol. The lowest BCUT2D eigenvalue weighted by Gasteiger charge is -2.17. The van der Waals surface area contributed by atoms with Crippen LogP contribution < -0.4 is 10.5 Å². The largest absolute Gasteiger partial charge is 0.491 e. The van der Waals surface area contributed by atoms with Crippen LogP contribution in [0.2, 0.25) is 0 Å². The second kappa shape index (κ2) is 8.39. The van der Waals surface area contributed by atoms with Gasteiger partial charge in [0.1, 0.15) is 5.75 Å². The van der Waals surface area contributed by atoms with Gasteiger partial charge in [-0.1, -0.05) is 30.3 Å². The molecule has 1 aliphatic rings. The summed E-state index contributed by atoms with van der Waals surface area (Å²) in [6, 6.07) is 16.2. The second-order valence-corrected chi connectivity index (χ2v) is 8.58. The fourth-order valence-electron chi connectivity index (χ4n) is 3.15. The van der Waals surface area contributed by atoms with Crippen molar-refractivity contribution in [1.82, 2.24) is 4.31 Å². The standard InChI is InChI=1S/C19H24N2O3S.ClH/c1-14(2)24-16-8-10-17(11-9-16)25(22,23)21-12-18(19(20)13-21)15-6-4-3-5-7-15;/h3-11,14,18-19H,12-13,20H2,1-2H3;1H/t18-,19+;/m0./s1. The number of nitrogens with zero attached hydrogens (tertiary/aromatic N) is 1. The van der Waals surface area contributed by atoms with Gasteiger partial charge in [0.15, 0.2) is 0 Å². The molecule has 2 N–H and O–H groups in total. The number of sulfonamides is 1. The van der Waals surface area contributed by atoms with E-state index >= 15 is 0 Å². The number of ether oxygens (including phenoxy) is 1. The normalized spacial score (nSPS) is 20.8. The van der Waals surface area contributed by atoms with Gasteiger partial charge in [0.25, 0.3) is 0 Å². The number of hydrogen-bond donors (Lipinski definition) is 1. The molecule has 1 heterocycles. The average Bonchev–Trinajstić information content (AvgIpc) is 2.98. The van der Waals surface area contributed by atoms with Crippen molar-refractivity contribution in [3.8, 4) is 5.75 Å². The molecule has 0 radical (unpaired) electrons. The Balaban J connectivity index is 0.00000243. The summed E-state index contributed by atoms with van der Waals surface area (Å²) in [5.74, 6) is 0.675. The molecule has 26 heavy (non-hydrogen) atoms. The van der Waals surface area contributed by atoms with Gasteiger partial charge in [-0.2, -0.15) is 4.31 Å². The van der Waals surface area contributed by atoms with Gasteiger partial charge in [0.05, 0.1) is 11.0 Å². The highest BCUT2D eigenvalue weighted by atomic mass is 35.5. The third-order valence-corrected chi connectivity index (χ3v) is 6.24. The lowest BCUT2D eigenvalue weighted by atomic mass is 9.95. The zero-order chi connectivity index (χ0) is 18.0. The van der Waals surface area contributed by atoms with Crippen LogP contribution in [0.3, 0.4) is 0 Å². The van der Waals surface area contributed by atoms with Crippen LogP contribution in [0.1, 0.15) is 25.3 Å². The van der Waals surface area contributed by atoms with Gasteiger partial charge in [0.2, 0.25) is 10.0 Å². The minimum Gasteiger partial charge on any atom is -0.491 e. The first-order valence-corrected chi connectivity index (χ1v) is 9.89. The van der Waals surface area contributed by atoms with Crippen molar-refractivity contribution in [3.05, 3.63) is 60.2 Å². The lowest BCUT2D eigenvalue weighted by Crippen LogP contribution is -2.32. The Bertz CT molecular complexity index is 810. The summed E-state index contributed by atoms with van der Waals surface area (Å²) in [6.45, 7) is 4.59. The van der Waals surface area contributed by atoms with E-state index in [1.165, 1.54) is 4.31 Å². The number of benzene rings is 2. The molecule has 1 saturated heterocycles. The maximum atomic E-state index is 12.9. The molecule has 0 aromatic heterocycles. The van der Waals surface area contributed by atoms with E-state index in [0.717, 1.165) is 5.56 Å². The highest BCUT2D eigenvalue weighted by Gasteiger charge is 2.38. The summed E-state index contributed by atoms with van der Waals surface area (Å²) in [4.78, 5) is 0.268. The van der Waals surface area contributed by atoms with Crippen molar-refractivity contribution in [3.63, 3.8) is 0 Å². The van der Waals surface area contributed by atoms with Crippen LogP contribution in [0, 0.1) is 0 Å². The summed E-state index contributed by atoms with van der Waals surface area (Å²) >= 11 is 0. The summed E-state index contributed by atoms with van der Waals surface area (Å²) < 4.78 is 32.9. The molecule has 7 heteroatoms. The van der Waals surface area contributed by atoms with E-state index in [9.17, 15) is 8.42 Å². The molecule has 0 spiro atoms. The molecule has 5 nitrogen and oxygen atoms in total. The van der Waals surface area contributed by atoms with Crippen molar-refractivity contribution >= 4 is 22.4 Å². The Labute approximate surface area is 161 Å². The van der Waals surface area contributed by atoms with Gasteiger partial charge >= 0.3 is 0 Å². The summed E-state index contributed by atoms with van der Waals surface area (Å²) in [5, 5.41) is 0. The van der Waals surface area contributed by atoms with Crippen LogP contribution >= 0.6 is 12.4 Å². The molecule has 2 aromatic carbocycles. The first-order valence-electron chi connectivity index (χ1n) is 8.45. The first kappa shape index (κ1) is 20.7. The van der Waals surface area contributed by atoms with Gasteiger partial charge in [-0.05, 0) is 43.7 Å². The van der Waals surface area contributed by atoms with Crippen LogP contribution in [0.4, 0.5) is 0 Å². The maximum absolute atomic E-state index is 12.9. The monoisotopic (exact) mass is 396 g/mol. The van der Waals surface area contributed by atoms with E-state index in [-0.39, 0.29) is 35.4 Å². The van der Waals surface area contributed by atoms with Crippen molar-refractivity contribution in [1.29, 1.82) is 0 Å². The Morgan fingerprint density at radius 2 is 1.65 bits per heavy atom. The second-order valence-electron chi connectivity index (χ2n) is 6.64.